The van der Waals surface area contributed by atoms with Crippen LogP contribution in [0.1, 0.15) is 12.8 Å². The second kappa shape index (κ2) is 8.39. The monoisotopic (exact) mass is 356 g/mol. The van der Waals surface area contributed by atoms with E-state index in [0.29, 0.717) is 11.6 Å². The van der Waals surface area contributed by atoms with Gasteiger partial charge in [-0.1, -0.05) is 12.1 Å². The van der Waals surface area contributed by atoms with Crippen LogP contribution in [-0.2, 0) is 4.79 Å². The lowest BCUT2D eigenvalue weighted by Crippen LogP contribution is -2.42. The Balaban J connectivity index is 1.45. The summed E-state index contributed by atoms with van der Waals surface area (Å²) in [6.45, 7) is 1.75. The summed E-state index contributed by atoms with van der Waals surface area (Å²) in [6.07, 6.45) is 3.44. The van der Waals surface area contributed by atoms with Crippen LogP contribution in [0.5, 0.6) is 5.88 Å². The molecule has 1 aliphatic rings. The van der Waals surface area contributed by atoms with E-state index in [-0.39, 0.29) is 24.2 Å². The van der Waals surface area contributed by atoms with Crippen molar-refractivity contribution in [3.8, 4) is 5.88 Å². The van der Waals surface area contributed by atoms with Gasteiger partial charge in [0.15, 0.2) is 0 Å². The lowest BCUT2D eigenvalue weighted by molar-refractivity contribution is -0.384. The number of piperidine rings is 1. The van der Waals surface area contributed by atoms with E-state index >= 15 is 0 Å². The number of nitro benzene ring substituents is 1. The van der Waals surface area contributed by atoms with Crippen LogP contribution < -0.4 is 10.1 Å². The van der Waals surface area contributed by atoms with Crippen molar-refractivity contribution >= 4 is 17.3 Å². The molecule has 2 heterocycles. The summed E-state index contributed by atoms with van der Waals surface area (Å²) in [5.41, 5.74) is 0.382. The Morgan fingerprint density at radius 2 is 2.08 bits per heavy atom. The number of hydrogen-bond donors (Lipinski definition) is 1. The average molecular weight is 356 g/mol. The SMILES string of the molecule is O=C(CN1CCC(Oc2ccccn2)CC1)Nc1cccc([N+](=O)[O-])c1. The number of anilines is 1. The van der Waals surface area contributed by atoms with Gasteiger partial charge in [0.25, 0.3) is 5.69 Å². The van der Waals surface area contributed by atoms with Gasteiger partial charge in [-0.05, 0) is 25.0 Å². The van der Waals surface area contributed by atoms with Crippen molar-refractivity contribution in [2.24, 2.45) is 0 Å². The summed E-state index contributed by atoms with van der Waals surface area (Å²) in [6, 6.07) is 11.5. The van der Waals surface area contributed by atoms with Crippen molar-refractivity contribution in [1.29, 1.82) is 0 Å². The maximum Gasteiger partial charge on any atom is 0.271 e. The van der Waals surface area contributed by atoms with Gasteiger partial charge in [-0.25, -0.2) is 4.98 Å². The van der Waals surface area contributed by atoms with E-state index in [2.05, 4.69) is 10.3 Å². The summed E-state index contributed by atoms with van der Waals surface area (Å²) in [4.78, 5) is 28.7. The normalized spacial score (nSPS) is 15.4. The molecule has 1 amide bonds. The van der Waals surface area contributed by atoms with E-state index in [1.807, 2.05) is 23.1 Å². The molecule has 8 heteroatoms. The van der Waals surface area contributed by atoms with E-state index < -0.39 is 4.92 Å². The predicted octanol–water partition coefficient (Wildman–Crippen LogP) is 2.47. The van der Waals surface area contributed by atoms with Crippen molar-refractivity contribution in [3.63, 3.8) is 0 Å². The van der Waals surface area contributed by atoms with E-state index in [1.165, 1.54) is 12.1 Å². The van der Waals surface area contributed by atoms with Crippen LogP contribution in [0.3, 0.4) is 0 Å². The van der Waals surface area contributed by atoms with Crippen LogP contribution in [0.2, 0.25) is 0 Å². The van der Waals surface area contributed by atoms with Crippen molar-refractivity contribution in [2.75, 3.05) is 25.0 Å². The van der Waals surface area contributed by atoms with Crippen LogP contribution in [0, 0.1) is 10.1 Å². The number of pyridine rings is 1. The van der Waals surface area contributed by atoms with Gasteiger partial charge < -0.3 is 10.1 Å². The molecule has 136 valence electrons. The third-order valence-electron chi connectivity index (χ3n) is 4.17. The first-order chi connectivity index (χ1) is 12.6. The Labute approximate surface area is 150 Å². The Kier molecular flexibility index (Phi) is 5.75. The van der Waals surface area contributed by atoms with E-state index in [9.17, 15) is 14.9 Å². The number of benzene rings is 1. The minimum Gasteiger partial charge on any atom is -0.474 e. The summed E-state index contributed by atoms with van der Waals surface area (Å²) in [5.74, 6) is 0.434. The van der Waals surface area contributed by atoms with Crippen LogP contribution in [0.25, 0.3) is 0 Å². The molecule has 0 radical (unpaired) electrons. The second-order valence-corrected chi connectivity index (χ2v) is 6.12. The summed E-state index contributed by atoms with van der Waals surface area (Å²) < 4.78 is 5.84. The topological polar surface area (TPSA) is 97.6 Å². The molecule has 1 saturated heterocycles. The molecule has 0 atom stereocenters. The van der Waals surface area contributed by atoms with Crippen molar-refractivity contribution in [2.45, 2.75) is 18.9 Å². The summed E-state index contributed by atoms with van der Waals surface area (Å²) >= 11 is 0. The van der Waals surface area contributed by atoms with Crippen molar-refractivity contribution in [3.05, 3.63) is 58.8 Å². The molecule has 26 heavy (non-hydrogen) atoms. The van der Waals surface area contributed by atoms with E-state index in [0.717, 1.165) is 25.9 Å². The highest BCUT2D eigenvalue weighted by Gasteiger charge is 2.22. The van der Waals surface area contributed by atoms with Crippen LogP contribution in [0.15, 0.2) is 48.7 Å². The van der Waals surface area contributed by atoms with Crippen molar-refractivity contribution in [1.82, 2.24) is 9.88 Å². The zero-order valence-corrected chi connectivity index (χ0v) is 14.2. The Morgan fingerprint density at radius 1 is 1.27 bits per heavy atom. The number of likely N-dealkylation sites (tertiary alicyclic amines) is 1. The highest BCUT2D eigenvalue weighted by Crippen LogP contribution is 2.18. The summed E-state index contributed by atoms with van der Waals surface area (Å²) in [5, 5.41) is 13.5. The quantitative estimate of drug-likeness (QED) is 0.631. The molecule has 1 aromatic heterocycles. The van der Waals surface area contributed by atoms with E-state index in [4.69, 9.17) is 4.74 Å². The second-order valence-electron chi connectivity index (χ2n) is 6.12. The number of carbonyl (C=O) groups is 1. The number of ether oxygens (including phenoxy) is 1. The first-order valence-corrected chi connectivity index (χ1v) is 8.44. The molecule has 3 rings (SSSR count). The maximum absolute atomic E-state index is 12.2. The van der Waals surface area contributed by atoms with Crippen LogP contribution in [-0.4, -0.2) is 46.5 Å². The molecule has 2 aromatic rings. The van der Waals surface area contributed by atoms with Gasteiger partial charge >= 0.3 is 0 Å². The fourth-order valence-corrected chi connectivity index (χ4v) is 2.87. The number of nitrogens with one attached hydrogen (secondary N) is 1. The molecule has 1 aromatic carbocycles. The minimum absolute atomic E-state index is 0.0460. The van der Waals surface area contributed by atoms with Gasteiger partial charge in [0.2, 0.25) is 11.8 Å². The largest absolute Gasteiger partial charge is 0.474 e. The number of hydrogen-bond acceptors (Lipinski definition) is 6. The van der Waals surface area contributed by atoms with Gasteiger partial charge in [-0.3, -0.25) is 19.8 Å². The number of aromatic nitrogens is 1. The molecule has 0 unspecified atom stereocenters. The lowest BCUT2D eigenvalue weighted by Gasteiger charge is -2.31. The highest BCUT2D eigenvalue weighted by molar-refractivity contribution is 5.92. The predicted molar refractivity (Wildman–Crippen MR) is 96.1 cm³/mol. The molecular weight excluding hydrogens is 336 g/mol. The first kappa shape index (κ1) is 17.8. The Hall–Kier alpha value is -3.00. The Morgan fingerprint density at radius 3 is 2.77 bits per heavy atom. The van der Waals surface area contributed by atoms with Crippen LogP contribution in [0.4, 0.5) is 11.4 Å². The molecule has 1 aliphatic heterocycles. The minimum atomic E-state index is -0.484. The van der Waals surface area contributed by atoms with Crippen molar-refractivity contribution < 1.29 is 14.5 Å². The number of amides is 1. The highest BCUT2D eigenvalue weighted by atomic mass is 16.6. The van der Waals surface area contributed by atoms with E-state index in [1.54, 1.807) is 18.3 Å². The number of nitro groups is 1. The van der Waals surface area contributed by atoms with Crippen LogP contribution >= 0.6 is 0 Å². The molecule has 1 fully saturated rings. The third kappa shape index (κ3) is 5.00. The van der Waals surface area contributed by atoms with Gasteiger partial charge in [-0.2, -0.15) is 0 Å². The molecule has 0 bridgehead atoms. The number of non-ortho nitro benzene ring substituents is 1. The summed E-state index contributed by atoms with van der Waals surface area (Å²) in [7, 11) is 0. The number of nitrogens with zero attached hydrogens (tertiary/aromatic N) is 3. The zero-order valence-electron chi connectivity index (χ0n) is 14.2. The molecular formula is C18H20N4O4. The third-order valence-corrected chi connectivity index (χ3v) is 4.17. The molecule has 8 nitrogen and oxygen atoms in total. The average Bonchev–Trinajstić information content (AvgIpc) is 2.64. The lowest BCUT2D eigenvalue weighted by atomic mass is 10.1. The van der Waals surface area contributed by atoms with Gasteiger partial charge in [0.05, 0.1) is 11.5 Å². The standard InChI is InChI=1S/C18H20N4O4/c23-17(20-14-4-3-5-15(12-14)22(24)25)13-21-10-7-16(8-11-21)26-18-6-1-2-9-19-18/h1-6,9,12,16H,7-8,10-11,13H2,(H,20,23). The Bertz CT molecular complexity index is 761. The molecule has 0 spiro atoms. The molecule has 0 saturated carbocycles. The number of rotatable bonds is 6. The smallest absolute Gasteiger partial charge is 0.271 e. The fraction of sp³-hybridized carbons (Fsp3) is 0.333. The maximum atomic E-state index is 12.2. The molecule has 0 aliphatic carbocycles. The van der Waals surface area contributed by atoms with Gasteiger partial charge in [-0.15, -0.1) is 0 Å². The van der Waals surface area contributed by atoms with Gasteiger partial charge in [0.1, 0.15) is 6.10 Å². The number of carbonyl (C=O) groups excluding carboxylic acids is 1. The molecule has 1 N–H and O–H groups in total. The first-order valence-electron chi connectivity index (χ1n) is 8.44. The fourth-order valence-electron chi connectivity index (χ4n) is 2.87. The van der Waals surface area contributed by atoms with Gasteiger partial charge in [0, 0.05) is 43.2 Å². The zero-order chi connectivity index (χ0) is 18.4.